The number of anilines is 1. The molecule has 100 valence electrons. The Morgan fingerprint density at radius 1 is 1.39 bits per heavy atom. The summed E-state index contributed by atoms with van der Waals surface area (Å²) >= 11 is 0. The fraction of sp³-hybridized carbons (Fsp3) is 0.462. The number of rotatable bonds is 3. The van der Waals surface area contributed by atoms with Gasteiger partial charge in [-0.2, -0.15) is 0 Å². The standard InChI is InChI=1S/C13H20N2O3/c1-13(2,3)18-12(16)15-10-5-6-11(17-4)9(7-10)8-14/h5-7H,8,14H2,1-4H3,(H,15,16). The third-order valence-electron chi connectivity index (χ3n) is 2.15. The first-order chi connectivity index (χ1) is 8.35. The summed E-state index contributed by atoms with van der Waals surface area (Å²) in [5.74, 6) is 0.701. The van der Waals surface area contributed by atoms with Gasteiger partial charge in [0.1, 0.15) is 11.4 Å². The van der Waals surface area contributed by atoms with E-state index < -0.39 is 11.7 Å². The average molecular weight is 252 g/mol. The van der Waals surface area contributed by atoms with Gasteiger partial charge in [0.2, 0.25) is 0 Å². The first-order valence-corrected chi connectivity index (χ1v) is 5.72. The molecule has 0 saturated carbocycles. The molecule has 5 nitrogen and oxygen atoms in total. The lowest BCUT2D eigenvalue weighted by atomic mass is 10.2. The zero-order valence-electron chi connectivity index (χ0n) is 11.2. The quantitative estimate of drug-likeness (QED) is 0.866. The molecule has 18 heavy (non-hydrogen) atoms. The molecule has 0 spiro atoms. The molecule has 0 unspecified atom stereocenters. The van der Waals surface area contributed by atoms with Crippen LogP contribution in [0.3, 0.4) is 0 Å². The number of carbonyl (C=O) groups is 1. The number of benzene rings is 1. The summed E-state index contributed by atoms with van der Waals surface area (Å²) < 4.78 is 10.3. The van der Waals surface area contributed by atoms with Crippen molar-refractivity contribution in [2.45, 2.75) is 32.9 Å². The van der Waals surface area contributed by atoms with Crippen LogP contribution in [0.2, 0.25) is 0 Å². The maximum Gasteiger partial charge on any atom is 0.412 e. The molecule has 0 radical (unpaired) electrons. The number of carbonyl (C=O) groups excluding carboxylic acids is 1. The molecule has 0 aromatic heterocycles. The van der Waals surface area contributed by atoms with Crippen molar-refractivity contribution in [3.05, 3.63) is 23.8 Å². The first-order valence-electron chi connectivity index (χ1n) is 5.72. The molecule has 1 amide bonds. The number of nitrogens with two attached hydrogens (primary N) is 1. The molecular weight excluding hydrogens is 232 g/mol. The number of nitrogens with one attached hydrogen (secondary N) is 1. The van der Waals surface area contributed by atoms with E-state index in [9.17, 15) is 4.79 Å². The first kappa shape index (κ1) is 14.3. The highest BCUT2D eigenvalue weighted by Gasteiger charge is 2.16. The van der Waals surface area contributed by atoms with Gasteiger partial charge in [-0.3, -0.25) is 5.32 Å². The van der Waals surface area contributed by atoms with Crippen LogP contribution in [0.5, 0.6) is 5.75 Å². The Hall–Kier alpha value is -1.75. The van der Waals surface area contributed by atoms with Crippen molar-refractivity contribution in [1.29, 1.82) is 0 Å². The van der Waals surface area contributed by atoms with E-state index in [1.165, 1.54) is 0 Å². The zero-order chi connectivity index (χ0) is 13.8. The molecule has 0 aliphatic carbocycles. The van der Waals surface area contributed by atoms with Crippen LogP contribution in [0.25, 0.3) is 0 Å². The number of hydrogen-bond acceptors (Lipinski definition) is 4. The van der Waals surface area contributed by atoms with Crippen molar-refractivity contribution in [2.75, 3.05) is 12.4 Å². The predicted molar refractivity (Wildman–Crippen MR) is 70.7 cm³/mol. The molecule has 5 heteroatoms. The number of methoxy groups -OCH3 is 1. The molecule has 1 aromatic carbocycles. The predicted octanol–water partition coefficient (Wildman–Crippen LogP) is 2.50. The van der Waals surface area contributed by atoms with Crippen molar-refractivity contribution in [3.63, 3.8) is 0 Å². The van der Waals surface area contributed by atoms with Gasteiger partial charge < -0.3 is 15.2 Å². The normalized spacial score (nSPS) is 10.9. The van der Waals surface area contributed by atoms with E-state index in [1.807, 2.05) is 20.8 Å². The average Bonchev–Trinajstić information content (AvgIpc) is 2.26. The molecule has 0 atom stereocenters. The van der Waals surface area contributed by atoms with Crippen LogP contribution in [-0.4, -0.2) is 18.8 Å². The van der Waals surface area contributed by atoms with Gasteiger partial charge in [0.15, 0.2) is 0 Å². The van der Waals surface area contributed by atoms with E-state index in [2.05, 4.69) is 5.32 Å². The lowest BCUT2D eigenvalue weighted by Crippen LogP contribution is -2.27. The van der Waals surface area contributed by atoms with Crippen LogP contribution < -0.4 is 15.8 Å². The van der Waals surface area contributed by atoms with E-state index in [0.717, 1.165) is 5.56 Å². The van der Waals surface area contributed by atoms with Crippen LogP contribution in [-0.2, 0) is 11.3 Å². The van der Waals surface area contributed by atoms with Crippen LogP contribution in [0.4, 0.5) is 10.5 Å². The van der Waals surface area contributed by atoms with Gasteiger partial charge in [-0.1, -0.05) is 0 Å². The summed E-state index contributed by atoms with van der Waals surface area (Å²) in [6, 6.07) is 5.26. The molecule has 0 aliphatic rings. The van der Waals surface area contributed by atoms with E-state index >= 15 is 0 Å². The van der Waals surface area contributed by atoms with Crippen LogP contribution >= 0.6 is 0 Å². The SMILES string of the molecule is COc1ccc(NC(=O)OC(C)(C)C)cc1CN. The highest BCUT2D eigenvalue weighted by Crippen LogP contribution is 2.22. The Labute approximate surface area is 107 Å². The molecule has 0 aliphatic heterocycles. The van der Waals surface area contributed by atoms with E-state index in [4.69, 9.17) is 15.2 Å². The summed E-state index contributed by atoms with van der Waals surface area (Å²) in [6.07, 6.45) is -0.490. The Bertz CT molecular complexity index is 425. The second-order valence-corrected chi connectivity index (χ2v) is 4.86. The van der Waals surface area contributed by atoms with Gasteiger partial charge in [0, 0.05) is 17.8 Å². The third-order valence-corrected chi connectivity index (χ3v) is 2.15. The van der Waals surface area contributed by atoms with Gasteiger partial charge in [0.05, 0.1) is 7.11 Å². The Kier molecular flexibility index (Phi) is 4.55. The Balaban J connectivity index is 2.76. The minimum atomic E-state index is -0.521. The largest absolute Gasteiger partial charge is 0.496 e. The summed E-state index contributed by atoms with van der Waals surface area (Å²) in [7, 11) is 1.58. The maximum atomic E-state index is 11.6. The fourth-order valence-corrected chi connectivity index (χ4v) is 1.44. The van der Waals surface area contributed by atoms with Gasteiger partial charge >= 0.3 is 6.09 Å². The van der Waals surface area contributed by atoms with Crippen molar-refractivity contribution in [1.82, 2.24) is 0 Å². The topological polar surface area (TPSA) is 73.6 Å². The van der Waals surface area contributed by atoms with Gasteiger partial charge in [-0.25, -0.2) is 4.79 Å². The third kappa shape index (κ3) is 4.25. The number of amides is 1. The fourth-order valence-electron chi connectivity index (χ4n) is 1.44. The van der Waals surface area contributed by atoms with Crippen molar-refractivity contribution in [3.8, 4) is 5.75 Å². The zero-order valence-corrected chi connectivity index (χ0v) is 11.2. The van der Waals surface area contributed by atoms with Crippen molar-refractivity contribution in [2.24, 2.45) is 5.73 Å². The Morgan fingerprint density at radius 3 is 2.56 bits per heavy atom. The molecule has 0 saturated heterocycles. The number of ether oxygens (including phenoxy) is 2. The second-order valence-electron chi connectivity index (χ2n) is 4.86. The minimum absolute atomic E-state index is 0.340. The highest BCUT2D eigenvalue weighted by molar-refractivity contribution is 5.85. The summed E-state index contributed by atoms with van der Waals surface area (Å²) in [4.78, 5) is 11.6. The van der Waals surface area contributed by atoms with Gasteiger partial charge in [0.25, 0.3) is 0 Å². The summed E-state index contributed by atoms with van der Waals surface area (Å²) in [5.41, 5.74) is 6.54. The van der Waals surface area contributed by atoms with Crippen molar-refractivity contribution >= 4 is 11.8 Å². The summed E-state index contributed by atoms with van der Waals surface area (Å²) in [6.45, 7) is 5.77. The van der Waals surface area contributed by atoms with E-state index in [0.29, 0.717) is 18.0 Å². The highest BCUT2D eigenvalue weighted by atomic mass is 16.6. The van der Waals surface area contributed by atoms with E-state index in [-0.39, 0.29) is 0 Å². The monoisotopic (exact) mass is 252 g/mol. The molecule has 1 rings (SSSR count). The van der Waals surface area contributed by atoms with Crippen molar-refractivity contribution < 1.29 is 14.3 Å². The molecule has 0 heterocycles. The molecule has 3 N–H and O–H groups in total. The van der Waals surface area contributed by atoms with E-state index in [1.54, 1.807) is 25.3 Å². The maximum absolute atomic E-state index is 11.6. The van der Waals surface area contributed by atoms with Crippen LogP contribution in [0, 0.1) is 0 Å². The lowest BCUT2D eigenvalue weighted by molar-refractivity contribution is 0.0636. The van der Waals surface area contributed by atoms with Gasteiger partial charge in [-0.05, 0) is 39.0 Å². The molecule has 1 aromatic rings. The molecular formula is C13H20N2O3. The van der Waals surface area contributed by atoms with Crippen LogP contribution in [0.1, 0.15) is 26.3 Å². The minimum Gasteiger partial charge on any atom is -0.496 e. The molecule has 0 fully saturated rings. The van der Waals surface area contributed by atoms with Gasteiger partial charge in [-0.15, -0.1) is 0 Å². The summed E-state index contributed by atoms with van der Waals surface area (Å²) in [5, 5.41) is 2.65. The number of hydrogen-bond donors (Lipinski definition) is 2. The lowest BCUT2D eigenvalue weighted by Gasteiger charge is -2.20. The Morgan fingerprint density at radius 2 is 2.06 bits per heavy atom. The molecule has 0 bridgehead atoms. The smallest absolute Gasteiger partial charge is 0.412 e. The van der Waals surface area contributed by atoms with Crippen LogP contribution in [0.15, 0.2) is 18.2 Å². The second kappa shape index (κ2) is 5.73.